The highest BCUT2D eigenvalue weighted by atomic mass is 32.1. The van der Waals surface area contributed by atoms with Gasteiger partial charge in [0.15, 0.2) is 17.5 Å². The molecule has 0 amide bonds. The average Bonchev–Trinajstić information content (AvgIpc) is 3.92. The number of furan rings is 1. The van der Waals surface area contributed by atoms with Crippen LogP contribution in [0.5, 0.6) is 0 Å². The van der Waals surface area contributed by atoms with Crippen LogP contribution in [0.15, 0.2) is 205 Å². The van der Waals surface area contributed by atoms with E-state index in [0.29, 0.717) is 17.5 Å². The molecule has 0 N–H and O–H groups in total. The monoisotopic (exact) mass is 807 g/mol. The number of hydrogen-bond acceptors (Lipinski definition) is 5. The second-order valence-electron chi connectivity index (χ2n) is 15.9. The molecule has 0 fully saturated rings. The summed E-state index contributed by atoms with van der Waals surface area (Å²) in [5, 5.41) is 12.0. The number of benzene rings is 10. The molecular weight excluding hydrogens is 775 g/mol. The van der Waals surface area contributed by atoms with Crippen molar-refractivity contribution in [2.24, 2.45) is 0 Å². The Hall–Kier alpha value is -7.99. The number of thiophene rings is 1. The first-order chi connectivity index (χ1) is 30.7. The van der Waals surface area contributed by atoms with E-state index in [1.54, 1.807) is 0 Å². The molecule has 0 saturated heterocycles. The number of nitrogens with zero attached hydrogens (tertiary/aromatic N) is 3. The maximum absolute atomic E-state index is 6.56. The Bertz CT molecular complexity index is 3940. The minimum atomic E-state index is 0.591. The third-order valence-electron chi connectivity index (χ3n) is 12.3. The second-order valence-corrected chi connectivity index (χ2v) is 17.0. The van der Waals surface area contributed by atoms with Crippen molar-refractivity contribution in [1.82, 2.24) is 15.0 Å². The molecule has 0 saturated carbocycles. The SMILES string of the molecule is c1ccc(-c2nc(-c3cccc(-c4cccc5sc6ccccc6c45)c3)nc(-c3cccc4oc5ccc(-c6ccc7ccc8c9ccccc9ccc8c7c6)cc5c34)n2)cc1. The van der Waals surface area contributed by atoms with Gasteiger partial charge in [-0.05, 0) is 97.0 Å². The van der Waals surface area contributed by atoms with E-state index in [4.69, 9.17) is 19.4 Å². The summed E-state index contributed by atoms with van der Waals surface area (Å²) >= 11 is 1.83. The lowest BCUT2D eigenvalue weighted by Crippen LogP contribution is -2.00. The van der Waals surface area contributed by atoms with E-state index >= 15 is 0 Å². The lowest BCUT2D eigenvalue weighted by atomic mass is 9.94. The lowest BCUT2D eigenvalue weighted by molar-refractivity contribution is 0.669. The zero-order chi connectivity index (χ0) is 40.7. The van der Waals surface area contributed by atoms with Crippen molar-refractivity contribution in [3.8, 4) is 56.4 Å². The van der Waals surface area contributed by atoms with Gasteiger partial charge in [-0.1, -0.05) is 158 Å². The summed E-state index contributed by atoms with van der Waals surface area (Å²) in [4.78, 5) is 15.6. The van der Waals surface area contributed by atoms with Gasteiger partial charge in [-0.15, -0.1) is 11.3 Å². The highest BCUT2D eigenvalue weighted by Gasteiger charge is 2.20. The fourth-order valence-electron chi connectivity index (χ4n) is 9.37. The minimum Gasteiger partial charge on any atom is -0.456 e. The molecule has 3 heterocycles. The van der Waals surface area contributed by atoms with Crippen LogP contribution in [0, 0.1) is 0 Å². The molecule has 62 heavy (non-hydrogen) atoms. The normalized spacial score (nSPS) is 11.9. The van der Waals surface area contributed by atoms with Gasteiger partial charge in [-0.25, -0.2) is 15.0 Å². The van der Waals surface area contributed by atoms with E-state index in [1.165, 1.54) is 58.1 Å². The van der Waals surface area contributed by atoms with E-state index in [1.807, 2.05) is 41.7 Å². The average molecular weight is 808 g/mol. The molecule has 13 aromatic rings. The molecule has 3 aromatic heterocycles. The summed E-state index contributed by atoms with van der Waals surface area (Å²) in [5.41, 5.74) is 8.90. The molecule has 4 nitrogen and oxygen atoms in total. The van der Waals surface area contributed by atoms with Crippen molar-refractivity contribution >= 4 is 85.8 Å². The third-order valence-corrected chi connectivity index (χ3v) is 13.5. The van der Waals surface area contributed by atoms with Gasteiger partial charge in [0.1, 0.15) is 11.2 Å². The quantitative estimate of drug-likeness (QED) is 0.163. The first kappa shape index (κ1) is 34.8. The fourth-order valence-corrected chi connectivity index (χ4v) is 10.5. The van der Waals surface area contributed by atoms with Gasteiger partial charge in [0.2, 0.25) is 0 Å². The van der Waals surface area contributed by atoms with Gasteiger partial charge in [0, 0.05) is 47.6 Å². The van der Waals surface area contributed by atoms with Gasteiger partial charge in [0.05, 0.1) is 0 Å². The Labute approximate surface area is 360 Å². The molecule has 0 bridgehead atoms. The third kappa shape index (κ3) is 5.56. The van der Waals surface area contributed by atoms with Crippen LogP contribution in [0.2, 0.25) is 0 Å². The van der Waals surface area contributed by atoms with Crippen LogP contribution in [0.4, 0.5) is 0 Å². The Morgan fingerprint density at radius 2 is 0.919 bits per heavy atom. The molecule has 288 valence electrons. The van der Waals surface area contributed by atoms with Crippen LogP contribution in [0.3, 0.4) is 0 Å². The van der Waals surface area contributed by atoms with Crippen molar-refractivity contribution in [3.05, 3.63) is 200 Å². The van der Waals surface area contributed by atoms with E-state index in [0.717, 1.165) is 55.3 Å². The Morgan fingerprint density at radius 1 is 0.306 bits per heavy atom. The van der Waals surface area contributed by atoms with Crippen LogP contribution < -0.4 is 0 Å². The molecule has 0 aliphatic rings. The van der Waals surface area contributed by atoms with Crippen LogP contribution in [-0.4, -0.2) is 15.0 Å². The van der Waals surface area contributed by atoms with Crippen LogP contribution >= 0.6 is 11.3 Å². The molecular formula is C57H33N3OS. The highest BCUT2D eigenvalue weighted by Crippen LogP contribution is 2.42. The molecule has 0 aliphatic heterocycles. The predicted octanol–water partition coefficient (Wildman–Crippen LogP) is 15.9. The first-order valence-corrected chi connectivity index (χ1v) is 21.6. The molecule has 0 radical (unpaired) electrons. The van der Waals surface area contributed by atoms with Crippen molar-refractivity contribution < 1.29 is 4.42 Å². The fraction of sp³-hybridized carbons (Fsp3) is 0. The van der Waals surface area contributed by atoms with Crippen molar-refractivity contribution in [2.75, 3.05) is 0 Å². The smallest absolute Gasteiger partial charge is 0.164 e. The van der Waals surface area contributed by atoms with Gasteiger partial charge in [-0.2, -0.15) is 0 Å². The minimum absolute atomic E-state index is 0.591. The lowest BCUT2D eigenvalue weighted by Gasteiger charge is -2.11. The Morgan fingerprint density at radius 3 is 1.81 bits per heavy atom. The first-order valence-electron chi connectivity index (χ1n) is 20.8. The highest BCUT2D eigenvalue weighted by molar-refractivity contribution is 7.25. The van der Waals surface area contributed by atoms with E-state index < -0.39 is 0 Å². The molecule has 0 aliphatic carbocycles. The molecule has 13 rings (SSSR count). The maximum atomic E-state index is 6.56. The van der Waals surface area contributed by atoms with Crippen LogP contribution in [0.1, 0.15) is 0 Å². The molecule has 0 atom stereocenters. The summed E-state index contributed by atoms with van der Waals surface area (Å²) in [5.74, 6) is 1.82. The van der Waals surface area contributed by atoms with E-state index in [-0.39, 0.29) is 0 Å². The molecule has 10 aromatic carbocycles. The zero-order valence-electron chi connectivity index (χ0n) is 33.2. The molecule has 5 heteroatoms. The Balaban J connectivity index is 0.975. The van der Waals surface area contributed by atoms with Gasteiger partial charge in [0.25, 0.3) is 0 Å². The standard InChI is InChI=1S/C57H33N3OS/c1-2-12-36(13-3-1)55-58-56(40-15-8-14-39(31-40)42-18-10-22-52-54(42)45-17-6-7-21-51(45)62-52)60-57(59-55)46-19-9-20-50-53(46)48-33-38(27-30-49(48)61-50)37-24-23-35-26-28-43-41-16-5-4-11-34(41)25-29-44(43)47(35)32-37/h1-33H. The van der Waals surface area contributed by atoms with E-state index in [9.17, 15) is 0 Å². The van der Waals surface area contributed by atoms with Crippen molar-refractivity contribution in [2.45, 2.75) is 0 Å². The van der Waals surface area contributed by atoms with Gasteiger partial charge < -0.3 is 4.42 Å². The maximum Gasteiger partial charge on any atom is 0.164 e. The number of aromatic nitrogens is 3. The molecule has 0 unspecified atom stereocenters. The van der Waals surface area contributed by atoms with Crippen LogP contribution in [0.25, 0.3) is 131 Å². The zero-order valence-corrected chi connectivity index (χ0v) is 34.0. The topological polar surface area (TPSA) is 51.8 Å². The number of rotatable bonds is 5. The van der Waals surface area contributed by atoms with Gasteiger partial charge in [-0.3, -0.25) is 0 Å². The number of hydrogen-bond donors (Lipinski definition) is 0. The van der Waals surface area contributed by atoms with Gasteiger partial charge >= 0.3 is 0 Å². The summed E-state index contributed by atoms with van der Waals surface area (Å²) in [6.07, 6.45) is 0. The summed E-state index contributed by atoms with van der Waals surface area (Å²) < 4.78 is 9.12. The Kier molecular flexibility index (Phi) is 7.74. The predicted molar refractivity (Wildman–Crippen MR) is 260 cm³/mol. The second kappa shape index (κ2) is 13.8. The van der Waals surface area contributed by atoms with E-state index in [2.05, 4.69) is 170 Å². The summed E-state index contributed by atoms with van der Waals surface area (Å²) in [7, 11) is 0. The van der Waals surface area contributed by atoms with Crippen molar-refractivity contribution in [1.29, 1.82) is 0 Å². The molecule has 0 spiro atoms. The van der Waals surface area contributed by atoms with Crippen LogP contribution in [-0.2, 0) is 0 Å². The summed E-state index contributed by atoms with van der Waals surface area (Å²) in [6.45, 7) is 0. The largest absolute Gasteiger partial charge is 0.456 e. The summed E-state index contributed by atoms with van der Waals surface area (Å²) in [6, 6.07) is 71.0. The van der Waals surface area contributed by atoms with Crippen molar-refractivity contribution in [3.63, 3.8) is 0 Å². The number of fused-ring (bicyclic) bond motifs is 11.